The van der Waals surface area contributed by atoms with E-state index in [-0.39, 0.29) is 35.8 Å². The van der Waals surface area contributed by atoms with Crippen molar-refractivity contribution in [2.24, 2.45) is 22.2 Å². The molecule has 8 nitrogen and oxygen atoms in total. The predicted octanol–water partition coefficient (Wildman–Crippen LogP) is 1.61. The molecule has 1 saturated heterocycles. The van der Waals surface area contributed by atoms with Gasteiger partial charge in [-0.05, 0) is 49.4 Å². The lowest BCUT2D eigenvalue weighted by Gasteiger charge is -2.37. The third-order valence-corrected chi connectivity index (χ3v) is 5.56. The van der Waals surface area contributed by atoms with E-state index in [0.717, 1.165) is 31.4 Å². The van der Waals surface area contributed by atoms with Crippen LogP contribution in [0.1, 0.15) is 49.5 Å². The van der Waals surface area contributed by atoms with E-state index in [2.05, 4.69) is 20.9 Å². The van der Waals surface area contributed by atoms with Gasteiger partial charge in [-0.1, -0.05) is 32.9 Å². The highest BCUT2D eigenvalue weighted by Gasteiger charge is 2.39. The molecule has 1 aromatic carbocycles. The van der Waals surface area contributed by atoms with Crippen LogP contribution in [0.5, 0.6) is 0 Å². The summed E-state index contributed by atoms with van der Waals surface area (Å²) in [6.07, 6.45) is 2.22. The highest BCUT2D eigenvalue weighted by atomic mass is 16.5. The van der Waals surface area contributed by atoms with Gasteiger partial charge in [-0.3, -0.25) is 25.5 Å². The fourth-order valence-electron chi connectivity index (χ4n) is 3.64. The van der Waals surface area contributed by atoms with E-state index in [1.165, 1.54) is 7.11 Å². The van der Waals surface area contributed by atoms with Crippen molar-refractivity contribution in [3.05, 3.63) is 35.4 Å². The number of piperidine rings is 1. The quantitative estimate of drug-likeness (QED) is 0.649. The number of carbonyl (C=O) groups excluding carboxylic acids is 3. The highest BCUT2D eigenvalue weighted by molar-refractivity contribution is 6.07. The molecule has 0 spiro atoms. The van der Waals surface area contributed by atoms with Crippen LogP contribution in [-0.4, -0.2) is 43.6 Å². The number of rotatable bonds is 4. The summed E-state index contributed by atoms with van der Waals surface area (Å²) in [7, 11) is 1.37. The average molecular weight is 415 g/mol. The molecule has 8 heteroatoms. The molecule has 0 bridgehead atoms. The van der Waals surface area contributed by atoms with Gasteiger partial charge in [0.25, 0.3) is 0 Å². The summed E-state index contributed by atoms with van der Waals surface area (Å²) in [5.41, 5.74) is 1.11. The van der Waals surface area contributed by atoms with Crippen LogP contribution >= 0.6 is 0 Å². The van der Waals surface area contributed by atoms with E-state index in [4.69, 9.17) is 4.74 Å². The number of nitrogens with one attached hydrogen (secondary N) is 3. The molecular formula is C22H30N4O4. The van der Waals surface area contributed by atoms with Gasteiger partial charge in [-0.2, -0.15) is 0 Å². The van der Waals surface area contributed by atoms with Crippen LogP contribution in [0.15, 0.2) is 29.3 Å². The summed E-state index contributed by atoms with van der Waals surface area (Å²) >= 11 is 0. The van der Waals surface area contributed by atoms with E-state index < -0.39 is 5.41 Å². The lowest BCUT2D eigenvalue weighted by Crippen LogP contribution is -2.59. The minimum atomic E-state index is -0.565. The molecule has 162 valence electrons. The molecule has 3 N–H and O–H groups in total. The smallest absolute Gasteiger partial charge is 0.337 e. The lowest BCUT2D eigenvalue weighted by molar-refractivity contribution is -0.127. The normalized spacial score (nSPS) is 23.7. The fraction of sp³-hybridized carbons (Fsp3) is 0.545. The Kier molecular flexibility index (Phi) is 6.55. The Balaban J connectivity index is 1.54. The number of nitrogens with zero attached hydrogens (tertiary/aromatic N) is 1. The number of hydrogen-bond donors (Lipinski definition) is 3. The second-order valence-electron chi connectivity index (χ2n) is 8.96. The number of aliphatic imine (C=N–C) groups is 1. The lowest BCUT2D eigenvalue weighted by atomic mass is 9.83. The Morgan fingerprint density at radius 2 is 1.93 bits per heavy atom. The largest absolute Gasteiger partial charge is 0.465 e. The summed E-state index contributed by atoms with van der Waals surface area (Å²) in [6.45, 7) is 6.19. The van der Waals surface area contributed by atoms with Crippen molar-refractivity contribution in [1.29, 1.82) is 0 Å². The highest BCUT2D eigenvalue weighted by Crippen LogP contribution is 2.27. The number of carbonyl (C=O) groups is 3. The van der Waals surface area contributed by atoms with Gasteiger partial charge in [0.2, 0.25) is 17.8 Å². The molecule has 30 heavy (non-hydrogen) atoms. The summed E-state index contributed by atoms with van der Waals surface area (Å²) in [4.78, 5) is 40.8. The van der Waals surface area contributed by atoms with E-state index in [1.54, 1.807) is 12.1 Å². The number of benzene rings is 1. The summed E-state index contributed by atoms with van der Waals surface area (Å²) in [5.74, 6) is -0.325. The molecule has 0 aliphatic carbocycles. The first kappa shape index (κ1) is 22.0. The Morgan fingerprint density at radius 3 is 2.57 bits per heavy atom. The Labute approximate surface area is 176 Å². The number of ether oxygens (including phenoxy) is 1. The maximum absolute atomic E-state index is 12.6. The first-order chi connectivity index (χ1) is 14.2. The molecule has 2 unspecified atom stereocenters. The van der Waals surface area contributed by atoms with Crippen LogP contribution in [0.25, 0.3) is 0 Å². The second-order valence-corrected chi connectivity index (χ2v) is 8.96. The van der Waals surface area contributed by atoms with Crippen molar-refractivity contribution in [1.82, 2.24) is 16.0 Å². The molecule has 0 saturated carbocycles. The fourth-order valence-corrected chi connectivity index (χ4v) is 3.64. The zero-order valence-electron chi connectivity index (χ0n) is 18.0. The van der Waals surface area contributed by atoms with Crippen LogP contribution in [0.4, 0.5) is 0 Å². The Bertz CT molecular complexity index is 842. The Hall–Kier alpha value is -2.74. The number of guanidine groups is 1. The van der Waals surface area contributed by atoms with Crippen molar-refractivity contribution >= 4 is 23.7 Å². The SMILES string of the molecule is COC(=O)c1ccc(CC[C@H]2CNC3N=C(NC(=O)C(C)(C)C)NC(=O)C3C2)cc1. The van der Waals surface area contributed by atoms with Gasteiger partial charge in [-0.15, -0.1) is 0 Å². The zero-order chi connectivity index (χ0) is 21.9. The number of esters is 1. The number of methoxy groups -OCH3 is 1. The zero-order valence-corrected chi connectivity index (χ0v) is 18.0. The minimum Gasteiger partial charge on any atom is -0.465 e. The van der Waals surface area contributed by atoms with Gasteiger partial charge in [-0.25, -0.2) is 9.79 Å². The molecule has 1 aromatic rings. The average Bonchev–Trinajstić information content (AvgIpc) is 2.71. The molecule has 3 atom stereocenters. The van der Waals surface area contributed by atoms with Gasteiger partial charge in [0.05, 0.1) is 18.6 Å². The number of aryl methyl sites for hydroxylation is 1. The molecule has 2 aliphatic rings. The predicted molar refractivity (Wildman–Crippen MR) is 113 cm³/mol. The molecule has 2 amide bonds. The third-order valence-electron chi connectivity index (χ3n) is 5.56. The van der Waals surface area contributed by atoms with Crippen LogP contribution in [0.2, 0.25) is 0 Å². The standard InChI is InChI=1S/C22H30N4O4/c1-22(2,3)20(29)26-21-24-17-16(18(27)25-21)11-14(12-23-17)6-5-13-7-9-15(10-8-13)19(28)30-4/h7-10,14,16-17,23H,5-6,11-12H2,1-4H3,(H2,24,25,26,27,29)/t14-,16?,17?/m1/s1. The van der Waals surface area contributed by atoms with Gasteiger partial charge < -0.3 is 4.74 Å². The molecule has 0 radical (unpaired) electrons. The van der Waals surface area contributed by atoms with Gasteiger partial charge in [0.15, 0.2) is 0 Å². The van der Waals surface area contributed by atoms with Crippen molar-refractivity contribution in [2.45, 2.75) is 46.2 Å². The number of amides is 2. The van der Waals surface area contributed by atoms with Crippen molar-refractivity contribution in [2.75, 3.05) is 13.7 Å². The minimum absolute atomic E-state index is 0.112. The number of fused-ring (bicyclic) bond motifs is 1. The van der Waals surface area contributed by atoms with E-state index in [9.17, 15) is 14.4 Å². The first-order valence-corrected chi connectivity index (χ1v) is 10.3. The molecule has 0 aromatic heterocycles. The molecular weight excluding hydrogens is 384 g/mol. The van der Waals surface area contributed by atoms with Gasteiger partial charge in [0, 0.05) is 5.41 Å². The monoisotopic (exact) mass is 414 g/mol. The van der Waals surface area contributed by atoms with Crippen molar-refractivity contribution in [3.8, 4) is 0 Å². The van der Waals surface area contributed by atoms with Crippen LogP contribution in [0.3, 0.4) is 0 Å². The molecule has 2 aliphatic heterocycles. The van der Waals surface area contributed by atoms with Gasteiger partial charge in [0.1, 0.15) is 6.17 Å². The molecule has 3 rings (SSSR count). The van der Waals surface area contributed by atoms with Crippen molar-refractivity contribution in [3.63, 3.8) is 0 Å². The van der Waals surface area contributed by atoms with Crippen molar-refractivity contribution < 1.29 is 19.1 Å². The molecule has 1 fully saturated rings. The summed E-state index contributed by atoms with van der Waals surface area (Å²) in [5, 5.41) is 8.78. The molecule has 2 heterocycles. The van der Waals surface area contributed by atoms with E-state index in [0.29, 0.717) is 11.5 Å². The second kappa shape index (κ2) is 8.95. The first-order valence-electron chi connectivity index (χ1n) is 10.3. The van der Waals surface area contributed by atoms with Crippen LogP contribution in [0, 0.1) is 17.3 Å². The summed E-state index contributed by atoms with van der Waals surface area (Å²) in [6, 6.07) is 7.42. The number of hydrogen-bond acceptors (Lipinski definition) is 6. The maximum Gasteiger partial charge on any atom is 0.337 e. The Morgan fingerprint density at radius 1 is 1.23 bits per heavy atom. The third kappa shape index (κ3) is 5.24. The van der Waals surface area contributed by atoms with Crippen LogP contribution < -0.4 is 16.0 Å². The summed E-state index contributed by atoms with van der Waals surface area (Å²) < 4.78 is 4.72. The van der Waals surface area contributed by atoms with E-state index in [1.807, 2.05) is 32.9 Å². The van der Waals surface area contributed by atoms with E-state index >= 15 is 0 Å². The van der Waals surface area contributed by atoms with Gasteiger partial charge >= 0.3 is 5.97 Å². The maximum atomic E-state index is 12.6. The van der Waals surface area contributed by atoms with Crippen LogP contribution in [-0.2, 0) is 20.7 Å². The topological polar surface area (TPSA) is 109 Å².